The van der Waals surface area contributed by atoms with Crippen LogP contribution in [0.5, 0.6) is 0 Å². The van der Waals surface area contributed by atoms with Crippen molar-refractivity contribution in [1.29, 1.82) is 0 Å². The minimum Gasteiger partial charge on any atom is -0.481 e. The van der Waals surface area contributed by atoms with Crippen molar-refractivity contribution in [2.45, 2.75) is 32.1 Å². The smallest absolute Gasteiger partial charge is 0.303 e. The van der Waals surface area contributed by atoms with Gasteiger partial charge in [0, 0.05) is 25.2 Å². The zero-order chi connectivity index (χ0) is 12.8. The molecule has 1 aromatic rings. The van der Waals surface area contributed by atoms with Gasteiger partial charge in [0.15, 0.2) is 0 Å². The Morgan fingerprint density at radius 2 is 1.89 bits per heavy atom. The zero-order valence-electron chi connectivity index (χ0n) is 10.7. The molecule has 1 N–H and O–H groups in total. The summed E-state index contributed by atoms with van der Waals surface area (Å²) in [7, 11) is 0. The lowest BCUT2D eigenvalue weighted by Crippen LogP contribution is -2.33. The summed E-state index contributed by atoms with van der Waals surface area (Å²) in [5.41, 5.74) is 1.31. The van der Waals surface area contributed by atoms with Gasteiger partial charge in [0.2, 0.25) is 0 Å². The third-order valence-electron chi connectivity index (χ3n) is 3.74. The van der Waals surface area contributed by atoms with Crippen LogP contribution in [-0.4, -0.2) is 24.2 Å². The van der Waals surface area contributed by atoms with Gasteiger partial charge in [0.05, 0.1) is 0 Å². The van der Waals surface area contributed by atoms with Crippen LogP contribution in [0, 0.1) is 5.92 Å². The molecule has 1 heterocycles. The van der Waals surface area contributed by atoms with Gasteiger partial charge in [-0.3, -0.25) is 4.79 Å². The number of piperidine rings is 1. The second-order valence-corrected chi connectivity index (χ2v) is 5.05. The number of carbonyl (C=O) groups is 1. The number of hydrogen-bond donors (Lipinski definition) is 1. The van der Waals surface area contributed by atoms with E-state index in [1.54, 1.807) is 0 Å². The van der Waals surface area contributed by atoms with E-state index in [1.807, 2.05) is 6.07 Å². The van der Waals surface area contributed by atoms with E-state index in [0.29, 0.717) is 12.3 Å². The maximum Gasteiger partial charge on any atom is 0.303 e. The molecule has 0 bridgehead atoms. The summed E-state index contributed by atoms with van der Waals surface area (Å²) in [6, 6.07) is 10.5. The van der Waals surface area contributed by atoms with Gasteiger partial charge in [-0.25, -0.2) is 0 Å². The maximum absolute atomic E-state index is 10.5. The normalized spacial score (nSPS) is 16.8. The minimum atomic E-state index is -0.670. The van der Waals surface area contributed by atoms with Crippen LogP contribution in [0.2, 0.25) is 0 Å². The first kappa shape index (κ1) is 12.9. The number of nitrogens with zero attached hydrogens (tertiary/aromatic N) is 1. The summed E-state index contributed by atoms with van der Waals surface area (Å²) >= 11 is 0. The van der Waals surface area contributed by atoms with Crippen LogP contribution in [0.15, 0.2) is 30.3 Å². The number of aliphatic carboxylic acids is 1. The fourth-order valence-corrected chi connectivity index (χ4v) is 2.66. The van der Waals surface area contributed by atoms with Crippen LogP contribution >= 0.6 is 0 Å². The number of rotatable bonds is 5. The van der Waals surface area contributed by atoms with Crippen LogP contribution in [0.25, 0.3) is 0 Å². The summed E-state index contributed by atoms with van der Waals surface area (Å²) in [5.74, 6) is 0.0426. The quantitative estimate of drug-likeness (QED) is 0.869. The molecule has 0 aliphatic carbocycles. The molecule has 3 nitrogen and oxygen atoms in total. The molecule has 1 saturated heterocycles. The third-order valence-corrected chi connectivity index (χ3v) is 3.74. The molecular formula is C15H21NO2. The molecule has 1 aliphatic rings. The van der Waals surface area contributed by atoms with Crippen molar-refractivity contribution < 1.29 is 9.90 Å². The van der Waals surface area contributed by atoms with Crippen LogP contribution in [0.3, 0.4) is 0 Å². The molecule has 1 fully saturated rings. The van der Waals surface area contributed by atoms with Crippen LogP contribution in [-0.2, 0) is 4.79 Å². The van der Waals surface area contributed by atoms with Gasteiger partial charge < -0.3 is 10.0 Å². The highest BCUT2D eigenvalue weighted by Crippen LogP contribution is 2.26. The SMILES string of the molecule is O=C(O)CCCC1CCN(c2ccccc2)CC1. The van der Waals surface area contributed by atoms with Gasteiger partial charge in [-0.15, -0.1) is 0 Å². The van der Waals surface area contributed by atoms with Crippen molar-refractivity contribution in [3.05, 3.63) is 30.3 Å². The maximum atomic E-state index is 10.5. The fraction of sp³-hybridized carbons (Fsp3) is 0.533. The van der Waals surface area contributed by atoms with E-state index in [1.165, 1.54) is 18.5 Å². The van der Waals surface area contributed by atoms with Crippen molar-refractivity contribution in [3.63, 3.8) is 0 Å². The Labute approximate surface area is 108 Å². The van der Waals surface area contributed by atoms with Crippen LogP contribution in [0.1, 0.15) is 32.1 Å². The van der Waals surface area contributed by atoms with Crippen molar-refractivity contribution in [2.24, 2.45) is 5.92 Å². The highest BCUT2D eigenvalue weighted by Gasteiger charge is 2.19. The predicted molar refractivity (Wildman–Crippen MR) is 72.9 cm³/mol. The fourth-order valence-electron chi connectivity index (χ4n) is 2.66. The van der Waals surface area contributed by atoms with Crippen molar-refractivity contribution in [2.75, 3.05) is 18.0 Å². The Bertz CT molecular complexity index is 369. The lowest BCUT2D eigenvalue weighted by molar-refractivity contribution is -0.137. The molecule has 0 saturated carbocycles. The van der Waals surface area contributed by atoms with Crippen molar-refractivity contribution in [1.82, 2.24) is 0 Å². The van der Waals surface area contributed by atoms with Crippen molar-refractivity contribution in [3.8, 4) is 0 Å². The van der Waals surface area contributed by atoms with Gasteiger partial charge in [-0.1, -0.05) is 18.2 Å². The van der Waals surface area contributed by atoms with E-state index in [4.69, 9.17) is 5.11 Å². The molecule has 98 valence electrons. The summed E-state index contributed by atoms with van der Waals surface area (Å²) in [6.45, 7) is 2.20. The molecule has 0 radical (unpaired) electrons. The highest BCUT2D eigenvalue weighted by molar-refractivity contribution is 5.66. The second kappa shape index (κ2) is 6.43. The summed E-state index contributed by atoms with van der Waals surface area (Å²) < 4.78 is 0. The molecule has 3 heteroatoms. The van der Waals surface area contributed by atoms with E-state index >= 15 is 0 Å². The molecule has 1 aromatic carbocycles. The molecule has 0 aromatic heterocycles. The second-order valence-electron chi connectivity index (χ2n) is 5.05. The van der Waals surface area contributed by atoms with Crippen LogP contribution < -0.4 is 4.90 Å². The summed E-state index contributed by atoms with van der Waals surface area (Å²) in [6.07, 6.45) is 4.59. The Hall–Kier alpha value is -1.51. The van der Waals surface area contributed by atoms with Gasteiger partial charge >= 0.3 is 5.97 Å². The first-order valence-electron chi connectivity index (χ1n) is 6.77. The number of hydrogen-bond acceptors (Lipinski definition) is 2. The van der Waals surface area contributed by atoms with Gasteiger partial charge in [-0.05, 0) is 43.7 Å². The molecule has 18 heavy (non-hydrogen) atoms. The average molecular weight is 247 g/mol. The zero-order valence-corrected chi connectivity index (χ0v) is 10.7. The molecule has 0 atom stereocenters. The lowest BCUT2D eigenvalue weighted by Gasteiger charge is -2.33. The van der Waals surface area contributed by atoms with Gasteiger partial charge in [0.1, 0.15) is 0 Å². The first-order chi connectivity index (χ1) is 8.75. The summed E-state index contributed by atoms with van der Waals surface area (Å²) in [5, 5.41) is 8.63. The molecule has 1 aliphatic heterocycles. The summed E-state index contributed by atoms with van der Waals surface area (Å²) in [4.78, 5) is 12.9. The third kappa shape index (κ3) is 3.76. The number of carboxylic acids is 1. The lowest BCUT2D eigenvalue weighted by atomic mass is 9.91. The van der Waals surface area contributed by atoms with Crippen molar-refractivity contribution >= 4 is 11.7 Å². The van der Waals surface area contributed by atoms with E-state index in [9.17, 15) is 4.79 Å². The number of para-hydroxylation sites is 1. The number of benzene rings is 1. The Kier molecular flexibility index (Phi) is 4.62. The predicted octanol–water partition coefficient (Wildman–Crippen LogP) is 3.16. The first-order valence-corrected chi connectivity index (χ1v) is 6.77. The molecule has 0 spiro atoms. The van der Waals surface area contributed by atoms with E-state index in [-0.39, 0.29) is 0 Å². The Morgan fingerprint density at radius 3 is 2.50 bits per heavy atom. The molecule has 0 unspecified atom stereocenters. The molecule has 0 amide bonds. The highest BCUT2D eigenvalue weighted by atomic mass is 16.4. The largest absolute Gasteiger partial charge is 0.481 e. The topological polar surface area (TPSA) is 40.5 Å². The van der Waals surface area contributed by atoms with E-state index < -0.39 is 5.97 Å². The number of carboxylic acid groups (broad SMARTS) is 1. The average Bonchev–Trinajstić information content (AvgIpc) is 2.40. The van der Waals surface area contributed by atoms with Gasteiger partial charge in [-0.2, -0.15) is 0 Å². The number of anilines is 1. The Balaban J connectivity index is 1.73. The minimum absolute atomic E-state index is 0.318. The van der Waals surface area contributed by atoms with Gasteiger partial charge in [0.25, 0.3) is 0 Å². The van der Waals surface area contributed by atoms with E-state index in [2.05, 4.69) is 29.2 Å². The molecule has 2 rings (SSSR count). The Morgan fingerprint density at radius 1 is 1.22 bits per heavy atom. The monoisotopic (exact) mass is 247 g/mol. The molecular weight excluding hydrogens is 226 g/mol. The van der Waals surface area contributed by atoms with E-state index in [0.717, 1.165) is 25.9 Å². The standard InChI is InChI=1S/C15H21NO2/c17-15(18)8-4-5-13-9-11-16(12-10-13)14-6-2-1-3-7-14/h1-3,6-7,13H,4-5,8-12H2,(H,17,18). The van der Waals surface area contributed by atoms with Crippen LogP contribution in [0.4, 0.5) is 5.69 Å².